The van der Waals surface area contributed by atoms with Crippen molar-refractivity contribution >= 4 is 29.4 Å². The van der Waals surface area contributed by atoms with Gasteiger partial charge >= 0.3 is 12.1 Å². The molecule has 0 bridgehead atoms. The number of esters is 1. The zero-order chi connectivity index (χ0) is 17.8. The van der Waals surface area contributed by atoms with Crippen molar-refractivity contribution in [2.75, 3.05) is 18.5 Å². The number of ether oxygens (including phenoxy) is 2. The number of hydrogen-bond acceptors (Lipinski definition) is 4. The van der Waals surface area contributed by atoms with Crippen LogP contribution < -0.4 is 5.32 Å². The summed E-state index contributed by atoms with van der Waals surface area (Å²) in [5, 5.41) is 3.25. The normalized spacial score (nSPS) is 11.6. The molecule has 0 spiro atoms. The predicted octanol–water partition coefficient (Wildman–Crippen LogP) is 5.04. The summed E-state index contributed by atoms with van der Waals surface area (Å²) in [6.07, 6.45) is 3.81. The zero-order valence-electron chi connectivity index (χ0n) is 14.3. The van der Waals surface area contributed by atoms with Crippen LogP contribution in [0.2, 0.25) is 5.02 Å². The third kappa shape index (κ3) is 8.77. The van der Waals surface area contributed by atoms with Crippen molar-refractivity contribution in [2.24, 2.45) is 5.92 Å². The first-order valence-electron chi connectivity index (χ1n) is 8.39. The number of amides is 1. The highest BCUT2D eigenvalue weighted by atomic mass is 35.5. The maximum Gasteiger partial charge on any atom is 0.411 e. The van der Waals surface area contributed by atoms with Gasteiger partial charge in [0, 0.05) is 10.7 Å². The number of nitrogens with one attached hydrogen (secondary N) is 1. The molecule has 0 fully saturated rings. The van der Waals surface area contributed by atoms with Gasteiger partial charge in [0.05, 0.1) is 19.1 Å². The minimum absolute atomic E-state index is 0.0300. The average molecular weight is 356 g/mol. The molecule has 1 rings (SSSR count). The van der Waals surface area contributed by atoms with E-state index in [0.29, 0.717) is 23.9 Å². The van der Waals surface area contributed by atoms with E-state index in [1.165, 1.54) is 0 Å². The lowest BCUT2D eigenvalue weighted by Crippen LogP contribution is -2.15. The fourth-order valence-corrected chi connectivity index (χ4v) is 2.02. The molecular formula is C18H26ClNO4. The molecule has 0 saturated heterocycles. The molecule has 6 heteroatoms. The first-order chi connectivity index (χ1) is 11.5. The second kappa shape index (κ2) is 11.7. The summed E-state index contributed by atoms with van der Waals surface area (Å²) < 4.78 is 10.3. The highest BCUT2D eigenvalue weighted by Gasteiger charge is 2.11. The quantitative estimate of drug-likeness (QED) is 0.471. The number of halogens is 1. The Hall–Kier alpha value is -1.75. The molecule has 0 aliphatic rings. The molecule has 1 unspecified atom stereocenters. The van der Waals surface area contributed by atoms with Gasteiger partial charge in [0.15, 0.2) is 0 Å². The lowest BCUT2D eigenvalue weighted by Gasteiger charge is -2.09. The summed E-state index contributed by atoms with van der Waals surface area (Å²) in [5.41, 5.74) is 0.646. The van der Waals surface area contributed by atoms with Crippen molar-refractivity contribution < 1.29 is 19.1 Å². The van der Waals surface area contributed by atoms with E-state index in [4.69, 9.17) is 21.1 Å². The molecule has 1 N–H and O–H groups in total. The van der Waals surface area contributed by atoms with Crippen LogP contribution in [0.1, 0.15) is 46.0 Å². The van der Waals surface area contributed by atoms with Crippen LogP contribution in [0.15, 0.2) is 24.3 Å². The van der Waals surface area contributed by atoms with Crippen molar-refractivity contribution in [3.05, 3.63) is 29.3 Å². The van der Waals surface area contributed by atoms with Gasteiger partial charge in [-0.2, -0.15) is 0 Å². The van der Waals surface area contributed by atoms with E-state index < -0.39 is 6.09 Å². The first kappa shape index (κ1) is 20.3. The second-order valence-corrected chi connectivity index (χ2v) is 6.10. The van der Waals surface area contributed by atoms with Crippen LogP contribution in [0.25, 0.3) is 0 Å². The standard InChI is InChI=1S/C18H26ClNO4/c1-3-14(2)17(21)23-12-6-4-5-7-13-24-18(22)20-16-10-8-15(19)9-11-16/h8-11,14H,3-7,12-13H2,1-2H3,(H,20,22). The minimum Gasteiger partial charge on any atom is -0.465 e. The van der Waals surface area contributed by atoms with Crippen molar-refractivity contribution in [1.29, 1.82) is 0 Å². The van der Waals surface area contributed by atoms with Gasteiger partial charge in [-0.3, -0.25) is 10.1 Å². The topological polar surface area (TPSA) is 64.6 Å². The summed E-state index contributed by atoms with van der Waals surface area (Å²) in [5.74, 6) is -0.155. The number of carbonyl (C=O) groups is 2. The summed E-state index contributed by atoms with van der Waals surface area (Å²) in [4.78, 5) is 23.0. The fourth-order valence-electron chi connectivity index (χ4n) is 1.89. The molecule has 1 amide bonds. The molecular weight excluding hydrogens is 330 g/mol. The number of hydrogen-bond donors (Lipinski definition) is 1. The van der Waals surface area contributed by atoms with Crippen LogP contribution in [-0.4, -0.2) is 25.3 Å². The Bertz CT molecular complexity index is 504. The summed E-state index contributed by atoms with van der Waals surface area (Å²) in [6, 6.07) is 6.82. The minimum atomic E-state index is -0.472. The molecule has 5 nitrogen and oxygen atoms in total. The van der Waals surface area contributed by atoms with E-state index in [-0.39, 0.29) is 11.9 Å². The van der Waals surface area contributed by atoms with Crippen molar-refractivity contribution in [3.63, 3.8) is 0 Å². The molecule has 0 aromatic heterocycles. The van der Waals surface area contributed by atoms with Crippen LogP contribution in [0.5, 0.6) is 0 Å². The number of rotatable bonds is 10. The van der Waals surface area contributed by atoms with E-state index in [0.717, 1.165) is 32.1 Å². The lowest BCUT2D eigenvalue weighted by atomic mass is 10.1. The van der Waals surface area contributed by atoms with Crippen molar-refractivity contribution in [3.8, 4) is 0 Å². The maximum absolute atomic E-state index is 11.6. The summed E-state index contributed by atoms with van der Waals surface area (Å²) in [6.45, 7) is 4.66. The molecule has 1 atom stereocenters. The monoisotopic (exact) mass is 355 g/mol. The Morgan fingerprint density at radius 3 is 2.21 bits per heavy atom. The molecule has 0 heterocycles. The van der Waals surface area contributed by atoms with Gasteiger partial charge in [0.1, 0.15) is 0 Å². The second-order valence-electron chi connectivity index (χ2n) is 5.66. The van der Waals surface area contributed by atoms with Gasteiger partial charge in [0.25, 0.3) is 0 Å². The Morgan fingerprint density at radius 1 is 1.04 bits per heavy atom. The predicted molar refractivity (Wildman–Crippen MR) is 95.3 cm³/mol. The Morgan fingerprint density at radius 2 is 1.62 bits per heavy atom. The zero-order valence-corrected chi connectivity index (χ0v) is 15.1. The van der Waals surface area contributed by atoms with E-state index in [2.05, 4.69) is 5.32 Å². The van der Waals surface area contributed by atoms with Crippen LogP contribution >= 0.6 is 11.6 Å². The smallest absolute Gasteiger partial charge is 0.411 e. The number of carbonyl (C=O) groups excluding carboxylic acids is 2. The highest BCUT2D eigenvalue weighted by molar-refractivity contribution is 6.30. The van der Waals surface area contributed by atoms with Gasteiger partial charge in [-0.25, -0.2) is 4.79 Å². The summed E-state index contributed by atoms with van der Waals surface area (Å²) >= 11 is 5.77. The molecule has 0 aliphatic carbocycles. The van der Waals surface area contributed by atoms with Gasteiger partial charge in [0.2, 0.25) is 0 Å². The molecule has 134 valence electrons. The molecule has 0 saturated carbocycles. The number of anilines is 1. The van der Waals surface area contributed by atoms with E-state index in [1.54, 1.807) is 24.3 Å². The third-order valence-corrected chi connectivity index (χ3v) is 3.87. The molecule has 1 aromatic rings. The Balaban J connectivity index is 1.99. The lowest BCUT2D eigenvalue weighted by molar-refractivity contribution is -0.148. The van der Waals surface area contributed by atoms with Crippen molar-refractivity contribution in [2.45, 2.75) is 46.0 Å². The first-order valence-corrected chi connectivity index (χ1v) is 8.76. The Kier molecular flexibility index (Phi) is 9.92. The average Bonchev–Trinajstić information content (AvgIpc) is 2.58. The molecule has 0 aliphatic heterocycles. The molecule has 0 radical (unpaired) electrons. The number of unbranched alkanes of at least 4 members (excludes halogenated alkanes) is 3. The van der Waals surface area contributed by atoms with Gasteiger partial charge in [-0.05, 0) is 56.4 Å². The maximum atomic E-state index is 11.6. The van der Waals surface area contributed by atoms with Crippen LogP contribution in [-0.2, 0) is 14.3 Å². The van der Waals surface area contributed by atoms with E-state index >= 15 is 0 Å². The molecule has 24 heavy (non-hydrogen) atoms. The van der Waals surface area contributed by atoms with Crippen molar-refractivity contribution in [1.82, 2.24) is 0 Å². The Labute approximate surface area is 148 Å². The van der Waals surface area contributed by atoms with Crippen LogP contribution in [0.4, 0.5) is 10.5 Å². The number of benzene rings is 1. The van der Waals surface area contributed by atoms with Gasteiger partial charge in [-0.15, -0.1) is 0 Å². The highest BCUT2D eigenvalue weighted by Crippen LogP contribution is 2.13. The van der Waals surface area contributed by atoms with Gasteiger partial charge in [-0.1, -0.05) is 25.4 Å². The largest absolute Gasteiger partial charge is 0.465 e. The SMILES string of the molecule is CCC(C)C(=O)OCCCCCCOC(=O)Nc1ccc(Cl)cc1. The van der Waals surface area contributed by atoms with Crippen LogP contribution in [0.3, 0.4) is 0 Å². The molecule has 1 aromatic carbocycles. The van der Waals surface area contributed by atoms with Crippen LogP contribution in [0, 0.1) is 5.92 Å². The fraction of sp³-hybridized carbons (Fsp3) is 0.556. The summed E-state index contributed by atoms with van der Waals surface area (Å²) in [7, 11) is 0. The van der Waals surface area contributed by atoms with E-state index in [1.807, 2.05) is 13.8 Å². The van der Waals surface area contributed by atoms with E-state index in [9.17, 15) is 9.59 Å². The third-order valence-electron chi connectivity index (χ3n) is 3.62. The van der Waals surface area contributed by atoms with Gasteiger partial charge < -0.3 is 9.47 Å².